The molecule has 4 rings (SSSR count). The van der Waals surface area contributed by atoms with Crippen LogP contribution in [0.4, 0.5) is 5.69 Å². The SMILES string of the molecule is c1ccc(COc2ccc(NCc3ccc4ncccc4c3)cc2)cc1. The zero-order valence-corrected chi connectivity index (χ0v) is 14.4. The molecule has 0 radical (unpaired) electrons. The summed E-state index contributed by atoms with van der Waals surface area (Å²) >= 11 is 0. The number of nitrogens with zero attached hydrogens (tertiary/aromatic N) is 1. The second-order valence-corrected chi connectivity index (χ2v) is 6.18. The average Bonchev–Trinajstić information content (AvgIpc) is 2.72. The summed E-state index contributed by atoms with van der Waals surface area (Å²) in [5, 5.41) is 4.61. The highest BCUT2D eigenvalue weighted by Crippen LogP contribution is 2.19. The number of fused-ring (bicyclic) bond motifs is 1. The number of hydrogen-bond donors (Lipinski definition) is 1. The largest absolute Gasteiger partial charge is 0.489 e. The monoisotopic (exact) mass is 340 g/mol. The van der Waals surface area contributed by atoms with Crippen LogP contribution in [0.3, 0.4) is 0 Å². The summed E-state index contributed by atoms with van der Waals surface area (Å²) in [6.45, 7) is 1.35. The molecule has 0 saturated heterocycles. The van der Waals surface area contributed by atoms with Crippen LogP contribution in [0.5, 0.6) is 5.75 Å². The van der Waals surface area contributed by atoms with Crippen LogP contribution >= 0.6 is 0 Å². The Balaban J connectivity index is 1.34. The van der Waals surface area contributed by atoms with E-state index in [2.05, 4.69) is 46.7 Å². The zero-order chi connectivity index (χ0) is 17.6. The zero-order valence-electron chi connectivity index (χ0n) is 14.4. The highest BCUT2D eigenvalue weighted by Gasteiger charge is 1.99. The fourth-order valence-corrected chi connectivity index (χ4v) is 2.85. The molecule has 3 nitrogen and oxygen atoms in total. The second-order valence-electron chi connectivity index (χ2n) is 6.18. The van der Waals surface area contributed by atoms with E-state index in [0.717, 1.165) is 28.9 Å². The van der Waals surface area contributed by atoms with Crippen molar-refractivity contribution >= 4 is 16.6 Å². The van der Waals surface area contributed by atoms with E-state index in [0.29, 0.717) is 6.61 Å². The van der Waals surface area contributed by atoms with Gasteiger partial charge in [-0.15, -0.1) is 0 Å². The molecule has 3 aromatic carbocycles. The van der Waals surface area contributed by atoms with Gasteiger partial charge in [0, 0.05) is 23.8 Å². The fraction of sp³-hybridized carbons (Fsp3) is 0.0870. The van der Waals surface area contributed by atoms with Crippen molar-refractivity contribution in [2.24, 2.45) is 0 Å². The topological polar surface area (TPSA) is 34.1 Å². The first-order valence-corrected chi connectivity index (χ1v) is 8.71. The normalized spacial score (nSPS) is 10.6. The summed E-state index contributed by atoms with van der Waals surface area (Å²) in [4.78, 5) is 4.36. The molecule has 4 aromatic rings. The minimum Gasteiger partial charge on any atom is -0.489 e. The lowest BCUT2D eigenvalue weighted by molar-refractivity contribution is 0.306. The average molecular weight is 340 g/mol. The van der Waals surface area contributed by atoms with Gasteiger partial charge in [0.2, 0.25) is 0 Å². The van der Waals surface area contributed by atoms with Crippen LogP contribution in [0.15, 0.2) is 91.1 Å². The molecule has 0 amide bonds. The van der Waals surface area contributed by atoms with Gasteiger partial charge in [-0.1, -0.05) is 42.5 Å². The van der Waals surface area contributed by atoms with Crippen molar-refractivity contribution in [3.63, 3.8) is 0 Å². The molecule has 1 heterocycles. The summed E-state index contributed by atoms with van der Waals surface area (Å²) in [6, 6.07) is 28.7. The molecule has 0 bridgehead atoms. The lowest BCUT2D eigenvalue weighted by Gasteiger charge is -2.10. The first-order chi connectivity index (χ1) is 12.9. The lowest BCUT2D eigenvalue weighted by atomic mass is 10.1. The predicted octanol–water partition coefficient (Wildman–Crippen LogP) is 5.43. The quantitative estimate of drug-likeness (QED) is 0.508. The molecule has 0 unspecified atom stereocenters. The Morgan fingerprint density at radius 3 is 2.46 bits per heavy atom. The molecule has 0 atom stereocenters. The summed E-state index contributed by atoms with van der Waals surface area (Å²) in [6.07, 6.45) is 1.82. The number of nitrogens with one attached hydrogen (secondary N) is 1. The molecule has 0 saturated carbocycles. The number of pyridine rings is 1. The third kappa shape index (κ3) is 4.01. The number of aromatic nitrogens is 1. The standard InChI is InChI=1S/C23H20N2O/c1-2-5-18(6-3-1)17-26-22-11-9-21(10-12-22)25-16-19-8-13-23-20(15-19)7-4-14-24-23/h1-15,25H,16-17H2. The molecular formula is C23H20N2O. The van der Waals surface area contributed by atoms with E-state index in [4.69, 9.17) is 4.74 Å². The Morgan fingerprint density at radius 1 is 0.769 bits per heavy atom. The molecule has 0 aliphatic carbocycles. The molecule has 26 heavy (non-hydrogen) atoms. The second kappa shape index (κ2) is 7.70. The Morgan fingerprint density at radius 2 is 1.62 bits per heavy atom. The Kier molecular flexibility index (Phi) is 4.79. The predicted molar refractivity (Wildman–Crippen MR) is 106 cm³/mol. The molecule has 1 N–H and O–H groups in total. The molecule has 0 aliphatic rings. The highest BCUT2D eigenvalue weighted by atomic mass is 16.5. The van der Waals surface area contributed by atoms with Crippen LogP contribution in [-0.2, 0) is 13.2 Å². The van der Waals surface area contributed by atoms with Crippen molar-refractivity contribution in [1.29, 1.82) is 0 Å². The number of hydrogen-bond acceptors (Lipinski definition) is 3. The van der Waals surface area contributed by atoms with E-state index >= 15 is 0 Å². The summed E-state index contributed by atoms with van der Waals surface area (Å²) in [5.74, 6) is 0.871. The van der Waals surface area contributed by atoms with Gasteiger partial charge in [0.25, 0.3) is 0 Å². The minimum atomic E-state index is 0.582. The molecular weight excluding hydrogens is 320 g/mol. The van der Waals surface area contributed by atoms with Crippen molar-refractivity contribution in [2.45, 2.75) is 13.2 Å². The van der Waals surface area contributed by atoms with Gasteiger partial charge in [-0.05, 0) is 53.6 Å². The number of rotatable bonds is 6. The number of anilines is 1. The molecule has 0 spiro atoms. The summed E-state index contributed by atoms with van der Waals surface area (Å²) < 4.78 is 5.82. The molecule has 128 valence electrons. The van der Waals surface area contributed by atoms with Gasteiger partial charge in [-0.3, -0.25) is 4.98 Å². The van der Waals surface area contributed by atoms with E-state index in [9.17, 15) is 0 Å². The Labute approximate surface area is 153 Å². The first kappa shape index (κ1) is 16.2. The van der Waals surface area contributed by atoms with Crippen molar-refractivity contribution in [3.8, 4) is 5.75 Å². The molecule has 0 fully saturated rings. The van der Waals surface area contributed by atoms with Crippen molar-refractivity contribution < 1.29 is 4.74 Å². The fourth-order valence-electron chi connectivity index (χ4n) is 2.85. The van der Waals surface area contributed by atoms with Crippen molar-refractivity contribution in [2.75, 3.05) is 5.32 Å². The van der Waals surface area contributed by atoms with E-state index in [1.807, 2.05) is 54.7 Å². The van der Waals surface area contributed by atoms with E-state index in [1.165, 1.54) is 11.1 Å². The number of ether oxygens (including phenoxy) is 1. The van der Waals surface area contributed by atoms with E-state index in [1.54, 1.807) is 0 Å². The van der Waals surface area contributed by atoms with Crippen LogP contribution in [0, 0.1) is 0 Å². The van der Waals surface area contributed by atoms with Gasteiger partial charge >= 0.3 is 0 Å². The third-order valence-corrected chi connectivity index (χ3v) is 4.27. The summed E-state index contributed by atoms with van der Waals surface area (Å²) in [7, 11) is 0. The smallest absolute Gasteiger partial charge is 0.119 e. The van der Waals surface area contributed by atoms with Gasteiger partial charge in [0.1, 0.15) is 12.4 Å². The first-order valence-electron chi connectivity index (χ1n) is 8.71. The van der Waals surface area contributed by atoms with Crippen LogP contribution < -0.4 is 10.1 Å². The Bertz CT molecular complexity index is 982. The molecule has 0 aliphatic heterocycles. The van der Waals surface area contributed by atoms with E-state index < -0.39 is 0 Å². The van der Waals surface area contributed by atoms with Crippen LogP contribution in [0.25, 0.3) is 10.9 Å². The van der Waals surface area contributed by atoms with Gasteiger partial charge in [0.05, 0.1) is 5.52 Å². The van der Waals surface area contributed by atoms with Gasteiger partial charge < -0.3 is 10.1 Å². The van der Waals surface area contributed by atoms with Crippen LogP contribution in [-0.4, -0.2) is 4.98 Å². The maximum atomic E-state index is 5.82. The molecule has 1 aromatic heterocycles. The van der Waals surface area contributed by atoms with Crippen LogP contribution in [0.2, 0.25) is 0 Å². The van der Waals surface area contributed by atoms with E-state index in [-0.39, 0.29) is 0 Å². The van der Waals surface area contributed by atoms with Crippen molar-refractivity contribution in [1.82, 2.24) is 4.98 Å². The van der Waals surface area contributed by atoms with Gasteiger partial charge in [-0.2, -0.15) is 0 Å². The highest BCUT2D eigenvalue weighted by molar-refractivity contribution is 5.79. The lowest BCUT2D eigenvalue weighted by Crippen LogP contribution is -2.00. The van der Waals surface area contributed by atoms with Crippen molar-refractivity contribution in [3.05, 3.63) is 102 Å². The Hall–Kier alpha value is -3.33. The molecule has 3 heteroatoms. The number of benzene rings is 3. The van der Waals surface area contributed by atoms with Gasteiger partial charge in [0.15, 0.2) is 0 Å². The maximum Gasteiger partial charge on any atom is 0.119 e. The maximum absolute atomic E-state index is 5.82. The third-order valence-electron chi connectivity index (χ3n) is 4.27. The van der Waals surface area contributed by atoms with Gasteiger partial charge in [-0.25, -0.2) is 0 Å². The van der Waals surface area contributed by atoms with Crippen LogP contribution in [0.1, 0.15) is 11.1 Å². The summed E-state index contributed by atoms with van der Waals surface area (Å²) in [5.41, 5.74) is 4.50. The minimum absolute atomic E-state index is 0.582.